The Balaban J connectivity index is 2.36. The molecule has 0 bridgehead atoms. The number of ether oxygens (including phenoxy) is 1. The van der Waals surface area contributed by atoms with Gasteiger partial charge < -0.3 is 9.26 Å². The minimum Gasteiger partial charge on any atom is -0.462 e. The van der Waals surface area contributed by atoms with Gasteiger partial charge in [-0.1, -0.05) is 5.16 Å². The van der Waals surface area contributed by atoms with Crippen molar-refractivity contribution in [1.82, 2.24) is 5.16 Å². The molecule has 0 spiro atoms. The fraction of sp³-hybridized carbons (Fsp3) is 0.167. The standard InChI is InChI=1S/C12H10FNO3/c1-2-16-12(15)10-7-14-17-11(10)8-3-5-9(13)6-4-8/h3-7H,2H2,1H3. The van der Waals surface area contributed by atoms with E-state index in [2.05, 4.69) is 5.16 Å². The number of esters is 1. The summed E-state index contributed by atoms with van der Waals surface area (Å²) in [6.45, 7) is 1.98. The molecule has 17 heavy (non-hydrogen) atoms. The van der Waals surface area contributed by atoms with Gasteiger partial charge in [0.25, 0.3) is 0 Å². The van der Waals surface area contributed by atoms with Gasteiger partial charge in [0.15, 0.2) is 5.76 Å². The molecular formula is C12H10FNO3. The van der Waals surface area contributed by atoms with Crippen LogP contribution in [0, 0.1) is 5.82 Å². The molecule has 4 nitrogen and oxygen atoms in total. The average molecular weight is 235 g/mol. The van der Waals surface area contributed by atoms with E-state index >= 15 is 0 Å². The van der Waals surface area contributed by atoms with Crippen LogP contribution in [0.25, 0.3) is 11.3 Å². The molecule has 0 unspecified atom stereocenters. The Morgan fingerprint density at radius 1 is 1.41 bits per heavy atom. The molecule has 0 aliphatic rings. The van der Waals surface area contributed by atoms with Crippen LogP contribution >= 0.6 is 0 Å². The van der Waals surface area contributed by atoms with Crippen molar-refractivity contribution in [2.24, 2.45) is 0 Å². The summed E-state index contributed by atoms with van der Waals surface area (Å²) in [5.41, 5.74) is 0.811. The molecule has 1 heterocycles. The van der Waals surface area contributed by atoms with E-state index in [-0.39, 0.29) is 23.7 Å². The van der Waals surface area contributed by atoms with Gasteiger partial charge in [-0.2, -0.15) is 0 Å². The number of benzene rings is 1. The molecule has 0 amide bonds. The van der Waals surface area contributed by atoms with Crippen molar-refractivity contribution in [1.29, 1.82) is 0 Å². The quantitative estimate of drug-likeness (QED) is 0.767. The SMILES string of the molecule is CCOC(=O)c1cnoc1-c1ccc(F)cc1. The van der Waals surface area contributed by atoms with Crippen LogP contribution in [-0.2, 0) is 4.74 Å². The molecular weight excluding hydrogens is 225 g/mol. The van der Waals surface area contributed by atoms with Crippen molar-refractivity contribution in [2.75, 3.05) is 6.61 Å². The van der Waals surface area contributed by atoms with E-state index in [0.717, 1.165) is 0 Å². The van der Waals surface area contributed by atoms with Gasteiger partial charge in [-0.3, -0.25) is 0 Å². The summed E-state index contributed by atoms with van der Waals surface area (Å²) in [5, 5.41) is 3.55. The van der Waals surface area contributed by atoms with Crippen molar-refractivity contribution < 1.29 is 18.4 Å². The van der Waals surface area contributed by atoms with E-state index in [1.165, 1.54) is 30.5 Å². The first-order valence-electron chi connectivity index (χ1n) is 5.10. The molecule has 0 aliphatic carbocycles. The van der Waals surface area contributed by atoms with Crippen molar-refractivity contribution in [3.05, 3.63) is 41.8 Å². The number of carbonyl (C=O) groups is 1. The second kappa shape index (κ2) is 4.78. The van der Waals surface area contributed by atoms with E-state index in [9.17, 15) is 9.18 Å². The van der Waals surface area contributed by atoms with Crippen molar-refractivity contribution in [3.63, 3.8) is 0 Å². The maximum atomic E-state index is 12.8. The predicted molar refractivity (Wildman–Crippen MR) is 57.9 cm³/mol. The van der Waals surface area contributed by atoms with Gasteiger partial charge in [-0.05, 0) is 31.2 Å². The molecule has 0 fully saturated rings. The molecule has 0 saturated heterocycles. The molecule has 2 rings (SSSR count). The van der Waals surface area contributed by atoms with Gasteiger partial charge in [0.05, 0.1) is 12.8 Å². The van der Waals surface area contributed by atoms with Gasteiger partial charge in [-0.15, -0.1) is 0 Å². The normalized spacial score (nSPS) is 10.2. The second-order valence-corrected chi connectivity index (χ2v) is 3.30. The Bertz CT molecular complexity index is 519. The van der Waals surface area contributed by atoms with Gasteiger partial charge in [-0.25, -0.2) is 9.18 Å². The number of nitrogens with zero attached hydrogens (tertiary/aromatic N) is 1. The fourth-order valence-electron chi connectivity index (χ4n) is 1.40. The van der Waals surface area contributed by atoms with E-state index in [1.807, 2.05) is 0 Å². The minimum absolute atomic E-state index is 0.235. The maximum Gasteiger partial charge on any atom is 0.343 e. The minimum atomic E-state index is -0.506. The Hall–Kier alpha value is -2.17. The molecule has 0 atom stereocenters. The topological polar surface area (TPSA) is 52.3 Å². The summed E-state index contributed by atoms with van der Waals surface area (Å²) >= 11 is 0. The molecule has 0 aliphatic heterocycles. The molecule has 1 aromatic heterocycles. The third-order valence-electron chi connectivity index (χ3n) is 2.17. The van der Waals surface area contributed by atoms with Crippen LogP contribution in [-0.4, -0.2) is 17.7 Å². The van der Waals surface area contributed by atoms with Gasteiger partial charge in [0.2, 0.25) is 0 Å². The van der Waals surface area contributed by atoms with Crippen molar-refractivity contribution in [3.8, 4) is 11.3 Å². The largest absolute Gasteiger partial charge is 0.462 e. The molecule has 1 aromatic carbocycles. The average Bonchev–Trinajstić information content (AvgIpc) is 2.79. The maximum absolute atomic E-state index is 12.8. The van der Waals surface area contributed by atoms with Crippen molar-refractivity contribution >= 4 is 5.97 Å². The number of hydrogen-bond donors (Lipinski definition) is 0. The molecule has 5 heteroatoms. The van der Waals surface area contributed by atoms with E-state index in [4.69, 9.17) is 9.26 Å². The molecule has 2 aromatic rings. The Morgan fingerprint density at radius 3 is 2.76 bits per heavy atom. The Morgan fingerprint density at radius 2 is 2.12 bits per heavy atom. The third kappa shape index (κ3) is 2.33. The van der Waals surface area contributed by atoms with Crippen LogP contribution in [0.1, 0.15) is 17.3 Å². The monoisotopic (exact) mass is 235 g/mol. The lowest BCUT2D eigenvalue weighted by molar-refractivity contribution is 0.0527. The van der Waals surface area contributed by atoms with E-state index < -0.39 is 5.97 Å². The van der Waals surface area contributed by atoms with E-state index in [0.29, 0.717) is 5.56 Å². The number of halogens is 1. The third-order valence-corrected chi connectivity index (χ3v) is 2.17. The predicted octanol–water partition coefficient (Wildman–Crippen LogP) is 2.66. The van der Waals surface area contributed by atoms with Crippen molar-refractivity contribution in [2.45, 2.75) is 6.92 Å². The molecule has 0 radical (unpaired) electrons. The number of rotatable bonds is 3. The summed E-state index contributed by atoms with van der Waals surface area (Å²) in [7, 11) is 0. The highest BCUT2D eigenvalue weighted by Gasteiger charge is 2.18. The zero-order valence-electron chi connectivity index (χ0n) is 9.14. The first-order chi connectivity index (χ1) is 8.22. The number of aromatic nitrogens is 1. The van der Waals surface area contributed by atoms with Gasteiger partial charge >= 0.3 is 5.97 Å². The van der Waals surface area contributed by atoms with Crippen LogP contribution in [0.4, 0.5) is 4.39 Å². The zero-order valence-corrected chi connectivity index (χ0v) is 9.14. The summed E-state index contributed by atoms with van der Waals surface area (Å²) in [6, 6.07) is 5.59. The molecule has 0 N–H and O–H groups in total. The first kappa shape index (κ1) is 11.3. The zero-order chi connectivity index (χ0) is 12.3. The lowest BCUT2D eigenvalue weighted by atomic mass is 10.1. The first-order valence-corrected chi connectivity index (χ1v) is 5.10. The second-order valence-electron chi connectivity index (χ2n) is 3.30. The Labute approximate surface area is 97.0 Å². The smallest absolute Gasteiger partial charge is 0.343 e. The fourth-order valence-corrected chi connectivity index (χ4v) is 1.40. The Kier molecular flexibility index (Phi) is 3.18. The highest BCUT2D eigenvalue weighted by Crippen LogP contribution is 2.24. The highest BCUT2D eigenvalue weighted by molar-refractivity contribution is 5.95. The van der Waals surface area contributed by atoms with Gasteiger partial charge in [0, 0.05) is 5.56 Å². The van der Waals surface area contributed by atoms with Crippen LogP contribution in [0.15, 0.2) is 35.0 Å². The lowest BCUT2D eigenvalue weighted by Gasteiger charge is -2.01. The highest BCUT2D eigenvalue weighted by atomic mass is 19.1. The number of hydrogen-bond acceptors (Lipinski definition) is 4. The molecule has 0 saturated carbocycles. The summed E-state index contributed by atoms with van der Waals surface area (Å²) in [4.78, 5) is 11.6. The lowest BCUT2D eigenvalue weighted by Crippen LogP contribution is -2.04. The van der Waals surface area contributed by atoms with Crippen LogP contribution in [0.5, 0.6) is 0 Å². The molecule has 88 valence electrons. The summed E-state index contributed by atoms with van der Waals surface area (Å²) in [5.74, 6) is -0.581. The van der Waals surface area contributed by atoms with Gasteiger partial charge in [0.1, 0.15) is 11.4 Å². The van der Waals surface area contributed by atoms with Crippen LogP contribution < -0.4 is 0 Å². The summed E-state index contributed by atoms with van der Waals surface area (Å²) in [6.07, 6.45) is 1.29. The van der Waals surface area contributed by atoms with Crippen LogP contribution in [0.2, 0.25) is 0 Å². The summed E-state index contributed by atoms with van der Waals surface area (Å²) < 4.78 is 22.6. The van der Waals surface area contributed by atoms with E-state index in [1.54, 1.807) is 6.92 Å². The number of carbonyl (C=O) groups excluding carboxylic acids is 1. The van der Waals surface area contributed by atoms with Crippen LogP contribution in [0.3, 0.4) is 0 Å².